The number of aliphatic carboxylic acids is 2. The fourth-order valence-electron chi connectivity index (χ4n) is 5.18. The Hall–Kier alpha value is -5.95. The Labute approximate surface area is 277 Å². The molecule has 4 aromatic rings. The molecular formula is C29H25N8O9S2+. The molecule has 2 aliphatic heterocycles. The number of rotatable bonds is 11. The van der Waals surface area contributed by atoms with Crippen molar-refractivity contribution in [3.8, 4) is 11.5 Å². The highest BCUT2D eigenvalue weighted by Gasteiger charge is 2.50. The van der Waals surface area contributed by atoms with Gasteiger partial charge in [0, 0.05) is 22.6 Å². The smallest absolute Gasteiger partial charge is 0.362 e. The number of hydrogen-bond donors (Lipinski definition) is 6. The summed E-state index contributed by atoms with van der Waals surface area (Å²) in [6.45, 7) is 0.307. The average Bonchev–Trinajstić information content (AvgIpc) is 3.67. The number of nitrogens with two attached hydrogens (primary N) is 1. The van der Waals surface area contributed by atoms with Crippen molar-refractivity contribution in [1.29, 1.82) is 0 Å². The molecule has 17 nitrogen and oxygen atoms in total. The maximum atomic E-state index is 13.1. The number of carbonyl (C=O) groups is 4. The number of fused-ring (bicyclic) bond motifs is 2. The molecule has 5 heterocycles. The standard InChI is InChI=1S/C29H24N8O9S2/c30-28-33-19(14-47-28)29(27(44)45,15-5-6-17(38)18(39)11-15)46-32-13-20(40)34-25-16(24(26(42)43)37-22(41)12-23(37)48-25)3-2-8-35-9-10-36-21(35)4-1-7-31-36/h1-7,9-11,13-14,23,25,31H,8,12H2,(H5,30,33,34,40,42,43,44,45)/p+1/b3-2+,32-13-/t23-,25+,29?/m1/s1. The Bertz CT molecular complexity index is 2060. The lowest BCUT2D eigenvalue weighted by Crippen LogP contribution is -2.57. The predicted octanol–water partition coefficient (Wildman–Crippen LogP) is 0.745. The number of imidazole rings is 1. The van der Waals surface area contributed by atoms with Crippen molar-refractivity contribution in [2.24, 2.45) is 5.16 Å². The van der Waals surface area contributed by atoms with E-state index in [4.69, 9.17) is 10.6 Å². The van der Waals surface area contributed by atoms with E-state index in [-0.39, 0.29) is 40.0 Å². The van der Waals surface area contributed by atoms with E-state index < -0.39 is 45.7 Å². The number of thiazole rings is 1. The second kappa shape index (κ2) is 12.7. The highest BCUT2D eigenvalue weighted by atomic mass is 32.2. The predicted molar refractivity (Wildman–Crippen MR) is 168 cm³/mol. The minimum atomic E-state index is -2.50. The molecule has 2 amide bonds. The number of carboxylic acid groups (broad SMARTS) is 2. The monoisotopic (exact) mass is 693 g/mol. The maximum absolute atomic E-state index is 13.1. The molecule has 0 aliphatic carbocycles. The zero-order valence-corrected chi connectivity index (χ0v) is 26.0. The Kier molecular flexibility index (Phi) is 8.46. The van der Waals surface area contributed by atoms with Gasteiger partial charge in [-0.2, -0.15) is 0 Å². The first kappa shape index (κ1) is 32.0. The van der Waals surface area contributed by atoms with Gasteiger partial charge in [0.1, 0.15) is 35.7 Å². The SMILES string of the molecule is Nc1nc(C(O/N=C\C(=O)N[C@H]2S[C@@H]3CC(=O)N3C(C(=O)O)=C2/C=C/C[n+]2ccn3ncccc32)(C(=O)O)c2ccc(O)c(O)c2)cs1. The lowest BCUT2D eigenvalue weighted by molar-refractivity contribution is -0.660. The Morgan fingerprint density at radius 1 is 1.23 bits per heavy atom. The van der Waals surface area contributed by atoms with E-state index in [1.165, 1.54) is 22.4 Å². The topological polar surface area (TPSA) is 246 Å². The average molecular weight is 694 g/mol. The van der Waals surface area contributed by atoms with Gasteiger partial charge >= 0.3 is 23.2 Å². The van der Waals surface area contributed by atoms with Gasteiger partial charge in [0.2, 0.25) is 5.91 Å². The number of aromatic hydroxyl groups is 2. The van der Waals surface area contributed by atoms with E-state index in [0.29, 0.717) is 12.8 Å². The van der Waals surface area contributed by atoms with Crippen LogP contribution in [-0.4, -0.2) is 80.6 Å². The third-order valence-electron chi connectivity index (χ3n) is 7.44. The van der Waals surface area contributed by atoms with Gasteiger partial charge in [-0.25, -0.2) is 19.1 Å². The number of phenolic OH excluding ortho intramolecular Hbond substituents is 2. The molecule has 48 heavy (non-hydrogen) atoms. The molecule has 1 saturated heterocycles. The Morgan fingerprint density at radius 2 is 2.04 bits per heavy atom. The number of β-lactam (4-membered cyclic amide) rings is 1. The molecule has 2 aliphatic rings. The van der Waals surface area contributed by atoms with Crippen LogP contribution in [0.1, 0.15) is 17.7 Å². The molecule has 0 spiro atoms. The van der Waals surface area contributed by atoms with Gasteiger partial charge in [-0.1, -0.05) is 16.3 Å². The molecule has 0 bridgehead atoms. The summed E-state index contributed by atoms with van der Waals surface area (Å²) in [5, 5.41) is 50.6. The molecule has 7 N–H and O–H groups in total. The van der Waals surface area contributed by atoms with Crippen molar-refractivity contribution in [3.63, 3.8) is 0 Å². The van der Waals surface area contributed by atoms with Crippen LogP contribution < -0.4 is 15.6 Å². The number of phenols is 2. The van der Waals surface area contributed by atoms with Gasteiger partial charge in [-0.05, 0) is 30.3 Å². The molecule has 1 fully saturated rings. The summed E-state index contributed by atoms with van der Waals surface area (Å²) in [6.07, 6.45) is 9.10. The zero-order valence-electron chi connectivity index (χ0n) is 24.4. The van der Waals surface area contributed by atoms with Crippen LogP contribution in [0.15, 0.2) is 82.9 Å². The molecule has 6 rings (SSSR count). The molecule has 1 aromatic carbocycles. The number of nitrogens with one attached hydrogen (secondary N) is 1. The highest BCUT2D eigenvalue weighted by Crippen LogP contribution is 2.44. The molecule has 1 unspecified atom stereocenters. The summed E-state index contributed by atoms with van der Waals surface area (Å²) >= 11 is 2.06. The third-order valence-corrected chi connectivity index (χ3v) is 9.45. The minimum Gasteiger partial charge on any atom is -0.504 e. The van der Waals surface area contributed by atoms with E-state index in [9.17, 15) is 39.6 Å². The highest BCUT2D eigenvalue weighted by molar-refractivity contribution is 8.00. The molecule has 3 aromatic heterocycles. The van der Waals surface area contributed by atoms with Crippen LogP contribution >= 0.6 is 23.1 Å². The Morgan fingerprint density at radius 3 is 2.73 bits per heavy atom. The van der Waals surface area contributed by atoms with Crippen LogP contribution in [0, 0.1) is 0 Å². The fourth-order valence-corrected chi connectivity index (χ4v) is 7.20. The fraction of sp³-hybridized carbons (Fsp3) is 0.172. The minimum absolute atomic E-state index is 0.00350. The van der Waals surface area contributed by atoms with E-state index in [1.54, 1.807) is 35.2 Å². The van der Waals surface area contributed by atoms with E-state index in [0.717, 1.165) is 40.9 Å². The second-order valence-corrected chi connectivity index (χ2v) is 12.5. The van der Waals surface area contributed by atoms with E-state index in [1.807, 2.05) is 10.6 Å². The van der Waals surface area contributed by atoms with Gasteiger partial charge in [-0.3, -0.25) is 14.5 Å². The number of oxime groups is 1. The number of nitrogens with zero attached hydrogens (tertiary/aromatic N) is 6. The summed E-state index contributed by atoms with van der Waals surface area (Å²) < 4.78 is 3.51. The quantitative estimate of drug-likeness (QED) is 0.0418. The number of hydrogen-bond acceptors (Lipinski definition) is 13. The summed E-state index contributed by atoms with van der Waals surface area (Å²) in [7, 11) is 0. The molecule has 0 radical (unpaired) electrons. The van der Waals surface area contributed by atoms with Crippen molar-refractivity contribution in [3.05, 3.63) is 89.0 Å². The third kappa shape index (κ3) is 5.75. The zero-order chi connectivity index (χ0) is 34.2. The van der Waals surface area contributed by atoms with Crippen LogP contribution in [0.3, 0.4) is 0 Å². The van der Waals surface area contributed by atoms with Crippen LogP contribution in [0.4, 0.5) is 5.13 Å². The van der Waals surface area contributed by atoms with Crippen molar-refractivity contribution < 1.29 is 49.0 Å². The Balaban J connectivity index is 1.27. The van der Waals surface area contributed by atoms with Crippen molar-refractivity contribution in [1.82, 2.24) is 24.8 Å². The first-order valence-electron chi connectivity index (χ1n) is 13.9. The number of aromatic nitrogens is 4. The van der Waals surface area contributed by atoms with Crippen molar-refractivity contribution in [2.75, 3.05) is 5.73 Å². The largest absolute Gasteiger partial charge is 0.504 e. The molecule has 0 saturated carbocycles. The van der Waals surface area contributed by atoms with Crippen molar-refractivity contribution >= 4 is 63.8 Å². The molecule has 246 valence electrons. The number of allylic oxidation sites excluding steroid dienone is 1. The number of benzene rings is 1. The second-order valence-electron chi connectivity index (χ2n) is 10.3. The van der Waals surface area contributed by atoms with Gasteiger partial charge in [0.05, 0.1) is 18.0 Å². The maximum Gasteiger partial charge on any atom is 0.362 e. The van der Waals surface area contributed by atoms with Crippen LogP contribution in [0.2, 0.25) is 0 Å². The summed E-state index contributed by atoms with van der Waals surface area (Å²) in [5.41, 5.74) is 3.45. The van der Waals surface area contributed by atoms with E-state index >= 15 is 0 Å². The molecule has 3 atom stereocenters. The summed E-state index contributed by atoms with van der Waals surface area (Å²) in [4.78, 5) is 61.2. The van der Waals surface area contributed by atoms with Crippen LogP contribution in [0.5, 0.6) is 11.5 Å². The number of amides is 2. The van der Waals surface area contributed by atoms with Gasteiger partial charge < -0.3 is 36.3 Å². The number of carbonyl (C=O) groups excluding carboxylic acids is 2. The van der Waals surface area contributed by atoms with Gasteiger partial charge in [-0.15, -0.1) is 27.6 Å². The first-order chi connectivity index (χ1) is 23.0. The normalized spacial score (nSPS) is 18.9. The van der Waals surface area contributed by atoms with Crippen molar-refractivity contribution in [2.45, 2.75) is 29.3 Å². The van der Waals surface area contributed by atoms with Crippen LogP contribution in [-0.2, 0) is 36.2 Å². The molecule has 19 heteroatoms. The number of carboxylic acids is 2. The van der Waals surface area contributed by atoms with Gasteiger partial charge in [0.25, 0.3) is 5.91 Å². The van der Waals surface area contributed by atoms with E-state index in [2.05, 4.69) is 20.6 Å². The first-order valence-corrected chi connectivity index (χ1v) is 15.7. The van der Waals surface area contributed by atoms with Gasteiger partial charge in [0.15, 0.2) is 22.8 Å². The number of nitrogen functional groups attached to an aromatic ring is 1. The lowest BCUT2D eigenvalue weighted by atomic mass is 9.90. The summed E-state index contributed by atoms with van der Waals surface area (Å²) in [5.74, 6) is -5.41. The molecular weight excluding hydrogens is 669 g/mol. The van der Waals surface area contributed by atoms with Crippen LogP contribution in [0.25, 0.3) is 5.65 Å². The summed E-state index contributed by atoms with van der Waals surface area (Å²) in [6, 6.07) is 6.78. The number of anilines is 1. The lowest BCUT2D eigenvalue weighted by Gasteiger charge is -2.46. The number of thioether (sulfide) groups is 1.